The largest absolute Gasteiger partial charge is 0.497 e. The van der Waals surface area contributed by atoms with E-state index in [9.17, 15) is 9.59 Å². The highest BCUT2D eigenvalue weighted by Crippen LogP contribution is 2.30. The summed E-state index contributed by atoms with van der Waals surface area (Å²) in [5.41, 5.74) is 7.96. The Morgan fingerprint density at radius 3 is 2.46 bits per heavy atom. The third kappa shape index (κ3) is 3.41. The molecule has 0 unspecified atom stereocenters. The van der Waals surface area contributed by atoms with Crippen molar-refractivity contribution in [2.24, 2.45) is 5.73 Å². The standard InChI is InChI=1S/C20H22N2O4/c1-13(14-8-10-16(25-2)11-9-14)18(21)19(23)22-17(12-26-20(22)24)15-6-4-3-5-7-15/h3-11,13,17-18H,12,21H2,1-2H3/t13-,17+,18+/m1/s1. The lowest BCUT2D eigenvalue weighted by molar-refractivity contribution is -0.131. The van der Waals surface area contributed by atoms with Crippen LogP contribution in [-0.4, -0.2) is 36.7 Å². The number of ether oxygens (including phenoxy) is 2. The SMILES string of the molecule is COc1ccc([C@@H](C)[C@H](N)C(=O)N2C(=O)OC[C@H]2c2ccccc2)cc1. The van der Waals surface area contributed by atoms with Gasteiger partial charge in [0.15, 0.2) is 0 Å². The average Bonchev–Trinajstić information content (AvgIpc) is 3.08. The molecule has 0 radical (unpaired) electrons. The number of amides is 2. The van der Waals surface area contributed by atoms with Crippen LogP contribution in [0.1, 0.15) is 30.0 Å². The Bertz CT molecular complexity index is 776. The summed E-state index contributed by atoms with van der Waals surface area (Å²) >= 11 is 0. The van der Waals surface area contributed by atoms with Crippen LogP contribution in [0, 0.1) is 0 Å². The monoisotopic (exact) mass is 354 g/mol. The molecule has 2 aromatic rings. The summed E-state index contributed by atoms with van der Waals surface area (Å²) in [6, 6.07) is 15.4. The topological polar surface area (TPSA) is 81.9 Å². The maximum atomic E-state index is 13.0. The molecule has 0 bridgehead atoms. The summed E-state index contributed by atoms with van der Waals surface area (Å²) in [6.07, 6.45) is -0.652. The molecule has 1 fully saturated rings. The van der Waals surface area contributed by atoms with Crippen LogP contribution in [0.25, 0.3) is 0 Å². The van der Waals surface area contributed by atoms with Gasteiger partial charge in [0.05, 0.1) is 13.2 Å². The van der Waals surface area contributed by atoms with Gasteiger partial charge in [-0.1, -0.05) is 49.4 Å². The van der Waals surface area contributed by atoms with Crippen molar-refractivity contribution in [2.45, 2.75) is 24.9 Å². The minimum Gasteiger partial charge on any atom is -0.497 e. The fourth-order valence-electron chi connectivity index (χ4n) is 3.07. The smallest absolute Gasteiger partial charge is 0.417 e. The minimum atomic E-state index is -0.861. The third-order valence-electron chi connectivity index (χ3n) is 4.76. The van der Waals surface area contributed by atoms with Crippen molar-refractivity contribution < 1.29 is 19.1 Å². The van der Waals surface area contributed by atoms with Crippen LogP contribution < -0.4 is 10.5 Å². The second kappa shape index (κ2) is 7.58. The fraction of sp³-hybridized carbons (Fsp3) is 0.300. The maximum absolute atomic E-state index is 13.0. The highest BCUT2D eigenvalue weighted by atomic mass is 16.6. The zero-order valence-corrected chi connectivity index (χ0v) is 14.8. The molecule has 0 spiro atoms. The fourth-order valence-corrected chi connectivity index (χ4v) is 3.07. The summed E-state index contributed by atoms with van der Waals surface area (Å²) in [5.74, 6) is 0.0241. The van der Waals surface area contributed by atoms with Crippen LogP contribution in [-0.2, 0) is 9.53 Å². The van der Waals surface area contributed by atoms with Crippen LogP contribution in [0.15, 0.2) is 54.6 Å². The van der Waals surface area contributed by atoms with Crippen LogP contribution in [0.4, 0.5) is 4.79 Å². The zero-order chi connectivity index (χ0) is 18.7. The molecule has 6 nitrogen and oxygen atoms in total. The molecular weight excluding hydrogens is 332 g/mol. The van der Waals surface area contributed by atoms with Gasteiger partial charge in [0.25, 0.3) is 0 Å². The number of benzene rings is 2. The van der Waals surface area contributed by atoms with E-state index in [1.54, 1.807) is 7.11 Å². The predicted molar refractivity (Wildman–Crippen MR) is 96.8 cm³/mol. The van der Waals surface area contributed by atoms with E-state index in [4.69, 9.17) is 15.2 Å². The summed E-state index contributed by atoms with van der Waals surface area (Å²) in [5, 5.41) is 0. The Morgan fingerprint density at radius 1 is 1.19 bits per heavy atom. The number of hydrogen-bond acceptors (Lipinski definition) is 5. The number of nitrogens with two attached hydrogens (primary N) is 1. The van der Waals surface area contributed by atoms with Crippen molar-refractivity contribution in [3.8, 4) is 5.75 Å². The molecule has 2 aromatic carbocycles. The lowest BCUT2D eigenvalue weighted by atomic mass is 9.92. The number of rotatable bonds is 5. The van der Waals surface area contributed by atoms with Gasteiger partial charge in [-0.05, 0) is 23.3 Å². The van der Waals surface area contributed by atoms with E-state index in [2.05, 4.69) is 0 Å². The molecule has 1 heterocycles. The van der Waals surface area contributed by atoms with E-state index in [1.165, 1.54) is 0 Å². The second-order valence-electron chi connectivity index (χ2n) is 6.30. The van der Waals surface area contributed by atoms with Crippen LogP contribution in [0.3, 0.4) is 0 Å². The summed E-state index contributed by atoms with van der Waals surface area (Å²) in [6.45, 7) is 2.00. The molecule has 1 aliphatic rings. The van der Waals surface area contributed by atoms with Crippen molar-refractivity contribution in [3.63, 3.8) is 0 Å². The van der Waals surface area contributed by atoms with Gasteiger partial charge in [-0.2, -0.15) is 0 Å². The highest BCUT2D eigenvalue weighted by molar-refractivity contribution is 5.97. The number of carbonyl (C=O) groups excluding carboxylic acids is 2. The third-order valence-corrected chi connectivity index (χ3v) is 4.76. The van der Waals surface area contributed by atoms with Gasteiger partial charge in [-0.15, -0.1) is 0 Å². The average molecular weight is 354 g/mol. The van der Waals surface area contributed by atoms with Crippen LogP contribution in [0.5, 0.6) is 5.75 Å². The Labute approximate surface area is 152 Å². The first kappa shape index (κ1) is 17.9. The van der Waals surface area contributed by atoms with E-state index in [1.807, 2.05) is 61.5 Å². The highest BCUT2D eigenvalue weighted by Gasteiger charge is 2.42. The molecule has 0 saturated carbocycles. The summed E-state index contributed by atoms with van der Waals surface area (Å²) in [7, 11) is 1.59. The molecule has 26 heavy (non-hydrogen) atoms. The number of imide groups is 1. The molecule has 2 N–H and O–H groups in total. The predicted octanol–water partition coefficient (Wildman–Crippen LogP) is 2.85. The molecule has 3 rings (SSSR count). The first-order chi connectivity index (χ1) is 12.5. The minimum absolute atomic E-state index is 0.137. The molecule has 6 heteroatoms. The van der Waals surface area contributed by atoms with Crippen molar-refractivity contribution in [3.05, 3.63) is 65.7 Å². The first-order valence-corrected chi connectivity index (χ1v) is 8.47. The number of methoxy groups -OCH3 is 1. The van der Waals surface area contributed by atoms with Gasteiger partial charge in [0.1, 0.15) is 18.4 Å². The van der Waals surface area contributed by atoms with Crippen molar-refractivity contribution >= 4 is 12.0 Å². The van der Waals surface area contributed by atoms with Crippen molar-refractivity contribution in [1.82, 2.24) is 4.90 Å². The maximum Gasteiger partial charge on any atom is 0.417 e. The van der Waals surface area contributed by atoms with Gasteiger partial charge < -0.3 is 15.2 Å². The Kier molecular flexibility index (Phi) is 5.23. The number of hydrogen-bond donors (Lipinski definition) is 1. The molecular formula is C20H22N2O4. The lowest BCUT2D eigenvalue weighted by Crippen LogP contribution is -2.47. The molecule has 3 atom stereocenters. The molecule has 2 amide bonds. The van der Waals surface area contributed by atoms with E-state index in [-0.39, 0.29) is 12.5 Å². The Morgan fingerprint density at radius 2 is 1.85 bits per heavy atom. The van der Waals surface area contributed by atoms with E-state index >= 15 is 0 Å². The van der Waals surface area contributed by atoms with Crippen LogP contribution in [0.2, 0.25) is 0 Å². The van der Waals surface area contributed by atoms with Crippen LogP contribution >= 0.6 is 0 Å². The van der Waals surface area contributed by atoms with Crippen molar-refractivity contribution in [2.75, 3.05) is 13.7 Å². The first-order valence-electron chi connectivity index (χ1n) is 8.47. The number of cyclic esters (lactones) is 1. The quantitative estimate of drug-likeness (QED) is 0.893. The molecule has 0 aliphatic carbocycles. The van der Waals surface area contributed by atoms with Crippen molar-refractivity contribution in [1.29, 1.82) is 0 Å². The van der Waals surface area contributed by atoms with Gasteiger partial charge in [0, 0.05) is 5.92 Å². The molecule has 1 saturated heterocycles. The molecule has 0 aromatic heterocycles. The Balaban J connectivity index is 1.80. The number of nitrogens with zero attached hydrogens (tertiary/aromatic N) is 1. The normalized spacial score (nSPS) is 19.0. The molecule has 136 valence electrons. The summed E-state index contributed by atoms with van der Waals surface area (Å²) in [4.78, 5) is 26.2. The molecule has 1 aliphatic heterocycles. The van der Waals surface area contributed by atoms with E-state index in [0.29, 0.717) is 0 Å². The van der Waals surface area contributed by atoms with Gasteiger partial charge in [-0.25, -0.2) is 9.69 Å². The number of carbonyl (C=O) groups is 2. The summed E-state index contributed by atoms with van der Waals surface area (Å²) < 4.78 is 10.3. The lowest BCUT2D eigenvalue weighted by Gasteiger charge is -2.26. The zero-order valence-electron chi connectivity index (χ0n) is 14.8. The van der Waals surface area contributed by atoms with E-state index in [0.717, 1.165) is 21.8 Å². The Hall–Kier alpha value is -2.86. The second-order valence-corrected chi connectivity index (χ2v) is 6.30. The van der Waals surface area contributed by atoms with Gasteiger partial charge in [0.2, 0.25) is 5.91 Å². The van der Waals surface area contributed by atoms with Gasteiger partial charge >= 0.3 is 6.09 Å². The van der Waals surface area contributed by atoms with E-state index < -0.39 is 24.1 Å². The van der Waals surface area contributed by atoms with Gasteiger partial charge in [-0.3, -0.25) is 4.79 Å².